The van der Waals surface area contributed by atoms with Crippen LogP contribution in [0.3, 0.4) is 0 Å². The van der Waals surface area contributed by atoms with E-state index in [1.807, 2.05) is 0 Å². The summed E-state index contributed by atoms with van der Waals surface area (Å²) in [5.74, 6) is 0. The molecule has 0 aliphatic rings. The Labute approximate surface area is 80.0 Å². The van der Waals surface area contributed by atoms with Gasteiger partial charge >= 0.3 is 42.0 Å². The molecule has 3 nitrogen and oxygen atoms in total. The fraction of sp³-hybridized carbons (Fsp3) is 0. The Morgan fingerprint density at radius 3 is 0.857 bits per heavy atom. The molecule has 0 atom stereocenters. The summed E-state index contributed by atoms with van der Waals surface area (Å²) in [6.07, 6.45) is 0. The van der Waals surface area contributed by atoms with Crippen molar-refractivity contribution in [2.24, 2.45) is 0 Å². The summed E-state index contributed by atoms with van der Waals surface area (Å²) >= 11 is 6.78. The summed E-state index contributed by atoms with van der Waals surface area (Å²) in [6, 6.07) is 0. The zero-order valence-corrected chi connectivity index (χ0v) is 7.72. The van der Waals surface area contributed by atoms with Crippen molar-refractivity contribution in [2.45, 2.75) is 0 Å². The molecule has 0 aliphatic carbocycles. The van der Waals surface area contributed by atoms with Gasteiger partial charge < -0.3 is 14.8 Å². The second-order valence-electron chi connectivity index (χ2n) is 0. The van der Waals surface area contributed by atoms with Crippen molar-refractivity contribution >= 4 is 23.7 Å². The van der Waals surface area contributed by atoms with Gasteiger partial charge in [-0.25, -0.2) is 23.7 Å². The molecule has 0 fully saturated rings. The molecule has 0 saturated carbocycles. The van der Waals surface area contributed by atoms with Crippen molar-refractivity contribution in [3.05, 3.63) is 0 Å². The van der Waals surface area contributed by atoms with E-state index in [0.29, 0.717) is 0 Å². The maximum absolute atomic E-state index is 7.72. The maximum atomic E-state index is 7.72. The van der Waals surface area contributed by atoms with Crippen LogP contribution in [0.15, 0.2) is 0 Å². The van der Waals surface area contributed by atoms with Gasteiger partial charge in [-0.15, -0.1) is 0 Å². The molecule has 0 bridgehead atoms. The van der Waals surface area contributed by atoms with Crippen molar-refractivity contribution in [3.63, 3.8) is 0 Å². The fourth-order valence-electron chi connectivity index (χ4n) is 0. The van der Waals surface area contributed by atoms with E-state index in [1.54, 1.807) is 0 Å². The van der Waals surface area contributed by atoms with Gasteiger partial charge in [0.1, 0.15) is 0 Å². The third kappa shape index (κ3) is 83.7. The van der Waals surface area contributed by atoms with Gasteiger partial charge in [0.2, 0.25) is 0 Å². The fourth-order valence-corrected chi connectivity index (χ4v) is 0. The van der Waals surface area contributed by atoms with Crippen LogP contribution >= 0.6 is 23.7 Å². The van der Waals surface area contributed by atoms with E-state index in [-0.39, 0.29) is 47.4 Å². The predicted molar refractivity (Wildman–Crippen MR) is 15.3 cm³/mol. The minimum Gasteiger partial charge on any atom is -0.769 e. The molecular formula is H2Cl3NaO3. The van der Waals surface area contributed by atoms with Gasteiger partial charge in [0.25, 0.3) is 0 Å². The Balaban J connectivity index is -0.00000000267. The maximum Gasteiger partial charge on any atom is 1.00 e. The Morgan fingerprint density at radius 2 is 0.857 bits per heavy atom. The summed E-state index contributed by atoms with van der Waals surface area (Å²) < 4.78 is 15.4. The van der Waals surface area contributed by atoms with Crippen LogP contribution in [0.1, 0.15) is 0 Å². The van der Waals surface area contributed by atoms with Crippen LogP contribution in [-0.2, 0) is 0 Å². The summed E-state index contributed by atoms with van der Waals surface area (Å²) in [7, 11) is 0. The van der Waals surface area contributed by atoms with Crippen LogP contribution in [0, 0.1) is 12.4 Å². The van der Waals surface area contributed by atoms with Crippen molar-refractivity contribution in [1.29, 1.82) is 0 Å². The van der Waals surface area contributed by atoms with Gasteiger partial charge in [-0.3, -0.25) is 0 Å². The first-order valence-corrected chi connectivity index (χ1v) is 0.926. The Bertz CT molecular complexity index is 10.1. The van der Waals surface area contributed by atoms with Crippen LogP contribution in [0.2, 0.25) is 0 Å². The minimum atomic E-state index is 0. The molecule has 0 aromatic carbocycles. The third-order valence-electron chi connectivity index (χ3n) is 0. The zero-order chi connectivity index (χ0) is 4.00. The average Bonchev–Trinajstić information content (AvgIpc) is 1.50. The van der Waals surface area contributed by atoms with Gasteiger partial charge in [-0.1, -0.05) is 0 Å². The van der Waals surface area contributed by atoms with E-state index in [4.69, 9.17) is 9.32 Å². The number of halogens is 3. The van der Waals surface area contributed by atoms with E-state index >= 15 is 0 Å². The molecule has 7 heavy (non-hydrogen) atoms. The normalized spacial score (nSPS) is 1.71. The standard InChI is InChI=1S/2ClO.Cl.Na.H2O/c2*1-2;;;/h;;;;1H2/q2*-1;2*+1;. The summed E-state index contributed by atoms with van der Waals surface area (Å²) in [5, 5.41) is 0. The van der Waals surface area contributed by atoms with E-state index < -0.39 is 0 Å². The molecule has 0 saturated heterocycles. The predicted octanol–water partition coefficient (Wildman–Crippen LogP) is -4.82. The van der Waals surface area contributed by atoms with Gasteiger partial charge in [0.05, 0.1) is 0 Å². The monoisotopic (exact) mass is 178 g/mol. The Hall–Kier alpha value is 1.75. The van der Waals surface area contributed by atoms with Crippen LogP contribution < -0.4 is 38.9 Å². The van der Waals surface area contributed by atoms with E-state index in [1.165, 1.54) is 0 Å². The molecule has 2 N–H and O–H groups in total. The summed E-state index contributed by atoms with van der Waals surface area (Å²) in [4.78, 5) is 0. The number of hydrogen-bond acceptors (Lipinski definition) is 2. The topological polar surface area (TPSA) is 77.6 Å². The summed E-state index contributed by atoms with van der Waals surface area (Å²) in [6.45, 7) is 0. The average molecular weight is 179 g/mol. The molecule has 0 heterocycles. The van der Waals surface area contributed by atoms with Crippen molar-refractivity contribution in [1.82, 2.24) is 0 Å². The molecule has 0 rings (SSSR count). The molecule has 42 valence electrons. The minimum absolute atomic E-state index is 0. The molecule has 7 heteroatoms. The molecule has 0 unspecified atom stereocenters. The second kappa shape index (κ2) is 115. The first kappa shape index (κ1) is 37.4. The largest absolute Gasteiger partial charge is 1.00 e. The first-order chi connectivity index (χ1) is 2.00. The van der Waals surface area contributed by atoms with Crippen molar-refractivity contribution < 1.29 is 56.8 Å². The van der Waals surface area contributed by atoms with Crippen LogP contribution in [-0.4, -0.2) is 5.48 Å². The first-order valence-electron chi connectivity index (χ1n) is 0.309. The summed E-state index contributed by atoms with van der Waals surface area (Å²) in [5.41, 5.74) is 0. The van der Waals surface area contributed by atoms with Crippen molar-refractivity contribution in [3.8, 4) is 0 Å². The molecule has 0 amide bonds. The van der Waals surface area contributed by atoms with Gasteiger partial charge in [-0.05, 0) is 0 Å². The van der Waals surface area contributed by atoms with Crippen molar-refractivity contribution in [2.75, 3.05) is 0 Å². The number of hydrogen-bond donors (Lipinski definition) is 0. The molecule has 0 aromatic rings. The van der Waals surface area contributed by atoms with Gasteiger partial charge in [-0.2, -0.15) is 0 Å². The van der Waals surface area contributed by atoms with Gasteiger partial charge in [0.15, 0.2) is 0 Å². The second-order valence-corrected chi connectivity index (χ2v) is 0. The Morgan fingerprint density at radius 1 is 0.857 bits per heavy atom. The zero-order valence-electron chi connectivity index (χ0n) is 3.45. The SMILES string of the molecule is O.[Cl+].[Na+].[O-]Cl.[O-]Cl. The smallest absolute Gasteiger partial charge is 0.769 e. The molecule has 0 spiro atoms. The molecule has 0 aromatic heterocycles. The quantitative estimate of drug-likeness (QED) is 0.350. The third-order valence-corrected chi connectivity index (χ3v) is 0. The van der Waals surface area contributed by atoms with Crippen LogP contribution in [0.5, 0.6) is 0 Å². The van der Waals surface area contributed by atoms with E-state index in [2.05, 4.69) is 23.7 Å². The molecule has 2 radical (unpaired) electrons. The van der Waals surface area contributed by atoms with E-state index in [9.17, 15) is 0 Å². The van der Waals surface area contributed by atoms with Crippen LogP contribution in [0.25, 0.3) is 0 Å². The van der Waals surface area contributed by atoms with E-state index in [0.717, 1.165) is 0 Å². The van der Waals surface area contributed by atoms with Crippen LogP contribution in [0.4, 0.5) is 0 Å². The molecular weight excluding hydrogens is 177 g/mol. The molecule has 0 aliphatic heterocycles. The number of rotatable bonds is 0. The Kier molecular flexibility index (Phi) is 616. The van der Waals surface area contributed by atoms with Gasteiger partial charge in [0, 0.05) is 0 Å².